The zero-order valence-corrected chi connectivity index (χ0v) is 15.1. The fraction of sp³-hybridized carbons (Fsp3) is 0.190. The first-order valence-corrected chi connectivity index (χ1v) is 8.69. The Kier molecular flexibility index (Phi) is 4.24. The smallest absolute Gasteiger partial charge is 0.342 e. The van der Waals surface area contributed by atoms with E-state index in [2.05, 4.69) is 10.4 Å². The minimum Gasteiger partial charge on any atom is -0.452 e. The molecule has 0 spiro atoms. The number of fused-ring (bicyclic) bond motifs is 3. The van der Waals surface area contributed by atoms with Gasteiger partial charge in [0.1, 0.15) is 5.56 Å². The van der Waals surface area contributed by atoms with Crippen molar-refractivity contribution in [2.24, 2.45) is 7.05 Å². The topological polar surface area (TPSA) is 73.2 Å². The number of aryl methyl sites for hydroxylation is 1. The molecule has 0 radical (unpaired) electrons. The van der Waals surface area contributed by atoms with Gasteiger partial charge in [-0.2, -0.15) is 5.10 Å². The monoisotopic (exact) mass is 361 g/mol. The molecule has 0 atom stereocenters. The number of aromatic nitrogens is 2. The van der Waals surface area contributed by atoms with Crippen molar-refractivity contribution in [3.63, 3.8) is 0 Å². The van der Waals surface area contributed by atoms with Gasteiger partial charge in [0.05, 0.1) is 12.2 Å². The second-order valence-electron chi connectivity index (χ2n) is 6.52. The van der Waals surface area contributed by atoms with Crippen LogP contribution in [0.25, 0.3) is 11.1 Å². The van der Waals surface area contributed by atoms with Gasteiger partial charge in [0.25, 0.3) is 5.91 Å². The number of rotatable bonds is 4. The summed E-state index contributed by atoms with van der Waals surface area (Å²) in [6.45, 7) is 1.43. The van der Waals surface area contributed by atoms with E-state index in [4.69, 9.17) is 4.74 Å². The maximum atomic E-state index is 12.4. The molecule has 3 aromatic rings. The van der Waals surface area contributed by atoms with E-state index in [1.807, 2.05) is 48.5 Å². The van der Waals surface area contributed by atoms with Crippen LogP contribution >= 0.6 is 0 Å². The van der Waals surface area contributed by atoms with Gasteiger partial charge in [-0.25, -0.2) is 4.79 Å². The lowest BCUT2D eigenvalue weighted by Gasteiger charge is -2.16. The lowest BCUT2D eigenvalue weighted by atomic mass is 10.1. The van der Waals surface area contributed by atoms with Gasteiger partial charge in [0.2, 0.25) is 0 Å². The molecule has 136 valence electrons. The zero-order valence-electron chi connectivity index (χ0n) is 15.1. The maximum Gasteiger partial charge on any atom is 0.342 e. The number of carbonyl (C=O) groups is 2. The molecular formula is C21H19N3O3. The number of hydrogen-bond donors (Lipinski definition) is 1. The number of carbonyl (C=O) groups excluding carboxylic acids is 2. The molecule has 6 nitrogen and oxygen atoms in total. The van der Waals surface area contributed by atoms with E-state index < -0.39 is 5.97 Å². The first-order valence-electron chi connectivity index (χ1n) is 8.69. The predicted octanol–water partition coefficient (Wildman–Crippen LogP) is 2.77. The normalized spacial score (nSPS) is 12.4. The molecule has 6 heteroatoms. The van der Waals surface area contributed by atoms with Gasteiger partial charge in [-0.1, -0.05) is 48.5 Å². The Morgan fingerprint density at radius 2 is 1.67 bits per heavy atom. The van der Waals surface area contributed by atoms with Crippen molar-refractivity contribution >= 4 is 11.9 Å². The molecule has 0 fully saturated rings. The molecule has 4 rings (SSSR count). The van der Waals surface area contributed by atoms with E-state index >= 15 is 0 Å². The summed E-state index contributed by atoms with van der Waals surface area (Å²) < 4.78 is 6.75. The summed E-state index contributed by atoms with van der Waals surface area (Å²) >= 11 is 0. The summed E-state index contributed by atoms with van der Waals surface area (Å²) in [5.41, 5.74) is 5.37. The molecule has 0 saturated heterocycles. The molecule has 1 aliphatic rings. The molecule has 1 amide bonds. The van der Waals surface area contributed by atoms with Crippen LogP contribution in [0.2, 0.25) is 0 Å². The Labute approximate surface area is 156 Å². The molecule has 0 bridgehead atoms. The van der Waals surface area contributed by atoms with Crippen LogP contribution in [0.15, 0.2) is 54.7 Å². The Morgan fingerprint density at radius 3 is 2.22 bits per heavy atom. The average Bonchev–Trinajstić information content (AvgIpc) is 3.18. The van der Waals surface area contributed by atoms with Crippen molar-refractivity contribution in [2.45, 2.75) is 13.0 Å². The van der Waals surface area contributed by atoms with Crippen molar-refractivity contribution in [1.29, 1.82) is 0 Å². The minimum absolute atomic E-state index is 0.247. The number of ether oxygens (including phenoxy) is 1. The number of nitrogens with one attached hydrogen (secondary N) is 1. The fourth-order valence-electron chi connectivity index (χ4n) is 3.42. The van der Waals surface area contributed by atoms with Gasteiger partial charge < -0.3 is 10.1 Å². The lowest BCUT2D eigenvalue weighted by Crippen LogP contribution is -2.32. The van der Waals surface area contributed by atoms with Gasteiger partial charge in [0.15, 0.2) is 6.61 Å². The van der Waals surface area contributed by atoms with Gasteiger partial charge in [-0.15, -0.1) is 0 Å². The maximum absolute atomic E-state index is 12.4. The summed E-state index contributed by atoms with van der Waals surface area (Å²) in [5.74, 6) is -0.899. The van der Waals surface area contributed by atoms with Gasteiger partial charge in [-0.05, 0) is 29.2 Å². The SMILES string of the molecule is Cc1c(C(=O)OCC(=O)NC2c3ccccc3-c3ccccc32)cnn1C. The quantitative estimate of drug-likeness (QED) is 0.725. The van der Waals surface area contributed by atoms with Crippen molar-refractivity contribution in [1.82, 2.24) is 15.1 Å². The van der Waals surface area contributed by atoms with Crippen LogP contribution < -0.4 is 5.32 Å². The van der Waals surface area contributed by atoms with Gasteiger partial charge in [-0.3, -0.25) is 9.48 Å². The van der Waals surface area contributed by atoms with E-state index in [0.717, 1.165) is 22.3 Å². The number of benzene rings is 2. The van der Waals surface area contributed by atoms with E-state index in [1.54, 1.807) is 18.7 Å². The van der Waals surface area contributed by atoms with E-state index in [-0.39, 0.29) is 18.6 Å². The van der Waals surface area contributed by atoms with Crippen LogP contribution in [0.3, 0.4) is 0 Å². The van der Waals surface area contributed by atoms with Crippen LogP contribution in [0.4, 0.5) is 0 Å². The lowest BCUT2D eigenvalue weighted by molar-refractivity contribution is -0.124. The third kappa shape index (κ3) is 2.99. The highest BCUT2D eigenvalue weighted by molar-refractivity contribution is 5.92. The molecule has 2 aromatic carbocycles. The largest absolute Gasteiger partial charge is 0.452 e. The number of esters is 1. The van der Waals surface area contributed by atoms with E-state index in [9.17, 15) is 9.59 Å². The first kappa shape index (κ1) is 17.0. The van der Waals surface area contributed by atoms with Crippen molar-refractivity contribution < 1.29 is 14.3 Å². The third-order valence-corrected chi connectivity index (χ3v) is 4.93. The summed E-state index contributed by atoms with van der Waals surface area (Å²) in [6.07, 6.45) is 1.44. The highest BCUT2D eigenvalue weighted by Gasteiger charge is 2.29. The second kappa shape index (κ2) is 6.72. The summed E-state index contributed by atoms with van der Waals surface area (Å²) in [7, 11) is 1.74. The minimum atomic E-state index is -0.553. The summed E-state index contributed by atoms with van der Waals surface area (Å²) in [4.78, 5) is 24.6. The average molecular weight is 361 g/mol. The Hall–Kier alpha value is -3.41. The molecule has 1 N–H and O–H groups in total. The molecule has 0 saturated carbocycles. The fourth-order valence-corrected chi connectivity index (χ4v) is 3.42. The molecule has 0 unspecified atom stereocenters. The van der Waals surface area contributed by atoms with Gasteiger partial charge >= 0.3 is 5.97 Å². The van der Waals surface area contributed by atoms with Crippen molar-refractivity contribution in [3.05, 3.63) is 77.1 Å². The Bertz CT molecular complexity index is 993. The van der Waals surface area contributed by atoms with E-state index in [1.165, 1.54) is 6.20 Å². The highest BCUT2D eigenvalue weighted by atomic mass is 16.5. The Morgan fingerprint density at radius 1 is 1.07 bits per heavy atom. The number of hydrogen-bond acceptors (Lipinski definition) is 4. The summed E-state index contributed by atoms with van der Waals surface area (Å²) in [5, 5.41) is 6.99. The van der Waals surface area contributed by atoms with Crippen LogP contribution in [-0.2, 0) is 16.6 Å². The number of nitrogens with zero attached hydrogens (tertiary/aromatic N) is 2. The second-order valence-corrected chi connectivity index (χ2v) is 6.52. The van der Waals surface area contributed by atoms with Crippen LogP contribution in [0.5, 0.6) is 0 Å². The molecule has 27 heavy (non-hydrogen) atoms. The third-order valence-electron chi connectivity index (χ3n) is 4.93. The molecular weight excluding hydrogens is 342 g/mol. The van der Waals surface area contributed by atoms with Crippen molar-refractivity contribution in [2.75, 3.05) is 6.61 Å². The number of amides is 1. The molecule has 1 aliphatic carbocycles. The molecule has 1 aromatic heterocycles. The van der Waals surface area contributed by atoms with E-state index in [0.29, 0.717) is 11.3 Å². The van der Waals surface area contributed by atoms with Crippen LogP contribution in [-0.4, -0.2) is 28.3 Å². The predicted molar refractivity (Wildman–Crippen MR) is 100 cm³/mol. The van der Waals surface area contributed by atoms with Crippen molar-refractivity contribution in [3.8, 4) is 11.1 Å². The first-order chi connectivity index (χ1) is 13.1. The molecule has 1 heterocycles. The molecule has 0 aliphatic heterocycles. The summed E-state index contributed by atoms with van der Waals surface area (Å²) in [6, 6.07) is 15.7. The zero-order chi connectivity index (χ0) is 19.0. The Balaban J connectivity index is 1.47. The van der Waals surface area contributed by atoms with Crippen LogP contribution in [0, 0.1) is 6.92 Å². The van der Waals surface area contributed by atoms with Crippen LogP contribution in [0.1, 0.15) is 33.2 Å². The standard InChI is InChI=1S/C21H19N3O3/c1-13-18(11-22-24(13)2)21(26)27-12-19(25)23-20-16-9-5-3-7-14(16)15-8-4-6-10-17(15)20/h3-11,20H,12H2,1-2H3,(H,23,25). The highest BCUT2D eigenvalue weighted by Crippen LogP contribution is 2.42. The van der Waals surface area contributed by atoms with Gasteiger partial charge in [0, 0.05) is 12.7 Å².